The number of likely N-dealkylation sites (tertiary alicyclic amines) is 1. The van der Waals surface area contributed by atoms with Crippen LogP contribution in [-0.2, 0) is 20.9 Å². The Kier molecular flexibility index (Phi) is 8.17. The zero-order valence-corrected chi connectivity index (χ0v) is 23.1. The molecule has 0 N–H and O–H groups in total. The van der Waals surface area contributed by atoms with Crippen molar-refractivity contribution in [2.75, 3.05) is 24.6 Å². The average molecular weight is 541 g/mol. The van der Waals surface area contributed by atoms with Gasteiger partial charge in [0.05, 0.1) is 29.7 Å². The summed E-state index contributed by atoms with van der Waals surface area (Å²) in [6.45, 7) is 5.70. The number of hydrogen-bond acceptors (Lipinski definition) is 5. The molecule has 39 heavy (non-hydrogen) atoms. The number of fused-ring (bicyclic) bond motifs is 1. The van der Waals surface area contributed by atoms with E-state index in [0.717, 1.165) is 40.1 Å². The Hall–Kier alpha value is -3.84. The number of carbonyl (C=O) groups is 3. The highest BCUT2D eigenvalue weighted by molar-refractivity contribution is 8.04. The highest BCUT2D eigenvalue weighted by Crippen LogP contribution is 2.42. The van der Waals surface area contributed by atoms with E-state index in [1.807, 2.05) is 59.5 Å². The molecule has 3 aromatic rings. The van der Waals surface area contributed by atoms with Crippen LogP contribution < -0.4 is 4.90 Å². The minimum Gasteiger partial charge on any atom is -0.466 e. The molecule has 5 rings (SSSR count). The van der Waals surface area contributed by atoms with E-state index in [2.05, 4.69) is 19.1 Å². The van der Waals surface area contributed by atoms with E-state index in [1.165, 1.54) is 11.8 Å². The number of carbonyl (C=O) groups excluding carboxylic acids is 3. The number of ether oxygens (including phenoxy) is 1. The van der Waals surface area contributed by atoms with Crippen LogP contribution in [0.3, 0.4) is 0 Å². The maximum Gasteiger partial charge on any atom is 0.310 e. The van der Waals surface area contributed by atoms with Crippen LogP contribution in [0.2, 0.25) is 0 Å². The SMILES string of the molecule is CCOC(=O)C1CCCN(C(=O)c2ccc(/C=C3/Sc4ccccc4N(Cc4ccccc4C)C3=O)cc2)C1. The van der Waals surface area contributed by atoms with Crippen LogP contribution in [0.4, 0.5) is 5.69 Å². The first kappa shape index (κ1) is 26.8. The predicted molar refractivity (Wildman–Crippen MR) is 154 cm³/mol. The Morgan fingerprint density at radius 2 is 1.77 bits per heavy atom. The van der Waals surface area contributed by atoms with Crippen molar-refractivity contribution in [3.63, 3.8) is 0 Å². The number of piperidine rings is 1. The summed E-state index contributed by atoms with van der Waals surface area (Å²) in [6.07, 6.45) is 3.41. The molecule has 1 atom stereocenters. The van der Waals surface area contributed by atoms with Crippen molar-refractivity contribution in [2.24, 2.45) is 5.92 Å². The van der Waals surface area contributed by atoms with Crippen molar-refractivity contribution in [3.8, 4) is 0 Å². The third-order valence-electron chi connectivity index (χ3n) is 7.21. The molecule has 1 fully saturated rings. The zero-order chi connectivity index (χ0) is 27.4. The van der Waals surface area contributed by atoms with Crippen molar-refractivity contribution in [1.29, 1.82) is 0 Å². The van der Waals surface area contributed by atoms with Gasteiger partial charge in [-0.25, -0.2) is 0 Å². The van der Waals surface area contributed by atoms with Gasteiger partial charge in [-0.3, -0.25) is 14.4 Å². The molecule has 1 saturated heterocycles. The molecule has 200 valence electrons. The number of rotatable bonds is 6. The van der Waals surface area contributed by atoms with Crippen molar-refractivity contribution in [2.45, 2.75) is 38.1 Å². The number of thioether (sulfide) groups is 1. The number of esters is 1. The molecule has 2 aliphatic rings. The van der Waals surface area contributed by atoms with E-state index in [4.69, 9.17) is 4.74 Å². The molecule has 0 aliphatic carbocycles. The maximum atomic E-state index is 13.7. The van der Waals surface area contributed by atoms with Gasteiger partial charge in [0.15, 0.2) is 0 Å². The highest BCUT2D eigenvalue weighted by atomic mass is 32.2. The highest BCUT2D eigenvalue weighted by Gasteiger charge is 2.31. The molecule has 2 aliphatic heterocycles. The van der Waals surface area contributed by atoms with Crippen LogP contribution in [0.5, 0.6) is 0 Å². The van der Waals surface area contributed by atoms with E-state index in [9.17, 15) is 14.4 Å². The number of hydrogen-bond donors (Lipinski definition) is 0. The van der Waals surface area contributed by atoms with Gasteiger partial charge in [0, 0.05) is 23.5 Å². The first-order valence-corrected chi connectivity index (χ1v) is 14.2. The quantitative estimate of drug-likeness (QED) is 0.280. The Morgan fingerprint density at radius 3 is 2.54 bits per heavy atom. The summed E-state index contributed by atoms with van der Waals surface area (Å²) in [5, 5.41) is 0. The number of anilines is 1. The third-order valence-corrected chi connectivity index (χ3v) is 8.28. The van der Waals surface area contributed by atoms with Crippen LogP contribution in [-0.4, -0.2) is 42.4 Å². The fourth-order valence-corrected chi connectivity index (χ4v) is 6.11. The summed E-state index contributed by atoms with van der Waals surface area (Å²) in [7, 11) is 0. The first-order valence-electron chi connectivity index (χ1n) is 13.4. The molecule has 0 aromatic heterocycles. The largest absolute Gasteiger partial charge is 0.466 e. The lowest BCUT2D eigenvalue weighted by molar-refractivity contribution is -0.149. The van der Waals surface area contributed by atoms with Gasteiger partial charge in [-0.1, -0.05) is 60.3 Å². The van der Waals surface area contributed by atoms with Crippen LogP contribution in [0.1, 0.15) is 46.8 Å². The van der Waals surface area contributed by atoms with Crippen LogP contribution in [0.25, 0.3) is 6.08 Å². The fourth-order valence-electron chi connectivity index (χ4n) is 5.05. The third kappa shape index (κ3) is 5.93. The Bertz CT molecular complexity index is 1420. The minimum absolute atomic E-state index is 0.0413. The van der Waals surface area contributed by atoms with Gasteiger partial charge in [-0.05, 0) is 73.7 Å². The maximum absolute atomic E-state index is 13.7. The minimum atomic E-state index is -0.272. The van der Waals surface area contributed by atoms with Crippen LogP contribution >= 0.6 is 11.8 Å². The van der Waals surface area contributed by atoms with Crippen LogP contribution in [0.15, 0.2) is 82.6 Å². The molecule has 0 spiro atoms. The van der Waals surface area contributed by atoms with Crippen molar-refractivity contribution >= 4 is 41.3 Å². The lowest BCUT2D eigenvalue weighted by Crippen LogP contribution is -2.42. The Morgan fingerprint density at radius 1 is 1.03 bits per heavy atom. The number of nitrogens with zero attached hydrogens (tertiary/aromatic N) is 2. The smallest absolute Gasteiger partial charge is 0.310 e. The molecule has 1 unspecified atom stereocenters. The molecule has 0 saturated carbocycles. The van der Waals surface area contributed by atoms with E-state index >= 15 is 0 Å². The first-order chi connectivity index (χ1) is 18.9. The average Bonchev–Trinajstić information content (AvgIpc) is 2.96. The number of benzene rings is 3. The van der Waals surface area contributed by atoms with Gasteiger partial charge >= 0.3 is 5.97 Å². The second kappa shape index (κ2) is 11.9. The predicted octanol–water partition coefficient (Wildman–Crippen LogP) is 6.09. The summed E-state index contributed by atoms with van der Waals surface area (Å²) >= 11 is 1.47. The normalized spacial score (nSPS) is 18.2. The molecule has 0 bridgehead atoms. The molecule has 3 aromatic carbocycles. The van der Waals surface area contributed by atoms with Gasteiger partial charge in [0.25, 0.3) is 11.8 Å². The second-order valence-electron chi connectivity index (χ2n) is 9.86. The number of para-hydroxylation sites is 1. The van der Waals surface area contributed by atoms with E-state index in [0.29, 0.717) is 36.7 Å². The summed E-state index contributed by atoms with van der Waals surface area (Å²) in [4.78, 5) is 44.2. The number of amides is 2. The molecular weight excluding hydrogens is 508 g/mol. The number of aryl methyl sites for hydroxylation is 1. The lowest BCUT2D eigenvalue weighted by atomic mass is 9.97. The molecule has 6 nitrogen and oxygen atoms in total. The van der Waals surface area contributed by atoms with Gasteiger partial charge in [-0.15, -0.1) is 0 Å². The molecule has 2 amide bonds. The molecule has 2 heterocycles. The van der Waals surface area contributed by atoms with E-state index < -0.39 is 0 Å². The molecular formula is C32H32N2O4S. The Labute approximate surface area is 233 Å². The molecule has 0 radical (unpaired) electrons. The topological polar surface area (TPSA) is 66.9 Å². The van der Waals surface area contributed by atoms with E-state index in [1.54, 1.807) is 24.0 Å². The summed E-state index contributed by atoms with van der Waals surface area (Å²) < 4.78 is 5.16. The molecule has 7 heteroatoms. The van der Waals surface area contributed by atoms with Crippen molar-refractivity contribution < 1.29 is 19.1 Å². The Balaban J connectivity index is 1.34. The van der Waals surface area contributed by atoms with Crippen molar-refractivity contribution in [1.82, 2.24) is 4.90 Å². The van der Waals surface area contributed by atoms with Crippen molar-refractivity contribution in [3.05, 3.63) is 100.0 Å². The fraction of sp³-hybridized carbons (Fsp3) is 0.281. The van der Waals surface area contributed by atoms with Gasteiger partial charge in [0.1, 0.15) is 0 Å². The van der Waals surface area contributed by atoms with Gasteiger partial charge in [-0.2, -0.15) is 0 Å². The van der Waals surface area contributed by atoms with Crippen LogP contribution in [0, 0.1) is 12.8 Å². The summed E-state index contributed by atoms with van der Waals surface area (Å²) in [5.74, 6) is -0.638. The zero-order valence-electron chi connectivity index (χ0n) is 22.3. The monoisotopic (exact) mass is 540 g/mol. The summed E-state index contributed by atoms with van der Waals surface area (Å²) in [6, 6.07) is 23.4. The van der Waals surface area contributed by atoms with Gasteiger partial charge in [0.2, 0.25) is 0 Å². The lowest BCUT2D eigenvalue weighted by Gasteiger charge is -2.31. The van der Waals surface area contributed by atoms with E-state index in [-0.39, 0.29) is 23.7 Å². The standard InChI is InChI=1S/C32H32N2O4S/c1-3-38-32(37)26-11-8-18-33(20-26)30(35)24-16-14-23(15-17-24)19-29-31(36)34(21-25-10-5-4-9-22(25)2)27-12-6-7-13-28(27)39-29/h4-7,9-10,12-17,19,26H,3,8,11,18,20-21H2,1-2H3/b29-19+. The van der Waals surface area contributed by atoms with Gasteiger partial charge < -0.3 is 14.5 Å². The summed E-state index contributed by atoms with van der Waals surface area (Å²) in [5.41, 5.74) is 4.58. The second-order valence-corrected chi connectivity index (χ2v) is 10.9.